The van der Waals surface area contributed by atoms with E-state index in [9.17, 15) is 18.0 Å². The molecule has 0 spiro atoms. The first-order valence-corrected chi connectivity index (χ1v) is 11.6. The maximum absolute atomic E-state index is 12.8. The van der Waals surface area contributed by atoms with Crippen LogP contribution in [-0.2, 0) is 19.3 Å². The third-order valence-electron chi connectivity index (χ3n) is 4.96. The maximum Gasteiger partial charge on any atom is 0.416 e. The molecule has 32 heavy (non-hydrogen) atoms. The highest BCUT2D eigenvalue weighted by Gasteiger charge is 2.30. The van der Waals surface area contributed by atoms with Crippen molar-refractivity contribution in [2.45, 2.75) is 45.5 Å². The summed E-state index contributed by atoms with van der Waals surface area (Å²) in [5, 5.41) is 6.03. The molecule has 0 aromatic heterocycles. The van der Waals surface area contributed by atoms with Crippen molar-refractivity contribution in [3.63, 3.8) is 0 Å². The summed E-state index contributed by atoms with van der Waals surface area (Å²) in [5.74, 6) is -0.137. The van der Waals surface area contributed by atoms with Crippen LogP contribution in [0.3, 0.4) is 0 Å². The van der Waals surface area contributed by atoms with E-state index in [1.165, 1.54) is 6.07 Å². The van der Waals surface area contributed by atoms with E-state index in [0.29, 0.717) is 37.2 Å². The highest BCUT2D eigenvalue weighted by Crippen LogP contribution is 2.29. The van der Waals surface area contributed by atoms with E-state index >= 15 is 0 Å². The molecule has 1 amide bonds. The Labute approximate surface area is 196 Å². The van der Waals surface area contributed by atoms with Gasteiger partial charge in [-0.05, 0) is 68.4 Å². The molecule has 2 rings (SSSR count). The van der Waals surface area contributed by atoms with Gasteiger partial charge in [0.15, 0.2) is 0 Å². The number of carbonyl (C=O) groups is 1. The first-order valence-electron chi connectivity index (χ1n) is 10.8. The van der Waals surface area contributed by atoms with Crippen molar-refractivity contribution < 1.29 is 18.0 Å². The Balaban J connectivity index is 1.75. The molecule has 0 saturated carbocycles. The number of benzene rings is 2. The van der Waals surface area contributed by atoms with Crippen LogP contribution in [0.2, 0.25) is 0 Å². The van der Waals surface area contributed by atoms with Crippen LogP contribution in [0, 0.1) is 0 Å². The Bertz CT molecular complexity index is 874. The molecule has 0 aliphatic carbocycles. The van der Waals surface area contributed by atoms with Crippen molar-refractivity contribution in [1.29, 1.82) is 0 Å². The number of nitrogens with one attached hydrogen (secondary N) is 2. The fourth-order valence-corrected chi connectivity index (χ4v) is 3.84. The summed E-state index contributed by atoms with van der Waals surface area (Å²) < 4.78 is 39.2. The first-order chi connectivity index (χ1) is 15.2. The number of carbonyl (C=O) groups excluding carboxylic acids is 1. The number of hydrogen-bond acceptors (Lipinski definition) is 3. The fraction of sp³-hybridized carbons (Fsp3) is 0.458. The minimum atomic E-state index is -4.34. The maximum atomic E-state index is 12.8. The third-order valence-corrected chi connectivity index (χ3v) is 5.42. The number of nitrogens with zero attached hydrogens (tertiary/aromatic N) is 1. The number of amides is 1. The van der Waals surface area contributed by atoms with E-state index in [1.54, 1.807) is 12.1 Å². The molecule has 0 saturated heterocycles. The van der Waals surface area contributed by atoms with Crippen molar-refractivity contribution in [2.24, 2.45) is 0 Å². The predicted octanol–water partition coefficient (Wildman–Crippen LogP) is 5.61. The standard InChI is InChI=1S/C24H31BrF3N3O/c1-3-4-11-31(2)17-19-12-20(15-22(25)14-19)23(32)30-10-6-9-29-16-18-7-5-8-21(13-18)24(26,27)28/h5,7-8,12-15,29H,3-4,6,9-11,16-17H2,1-2H3,(H,30,32). The lowest BCUT2D eigenvalue weighted by atomic mass is 10.1. The van der Waals surface area contributed by atoms with E-state index < -0.39 is 11.7 Å². The van der Waals surface area contributed by atoms with Gasteiger partial charge in [-0.15, -0.1) is 0 Å². The molecule has 2 N–H and O–H groups in total. The largest absolute Gasteiger partial charge is 0.416 e. The van der Waals surface area contributed by atoms with Crippen molar-refractivity contribution in [3.05, 3.63) is 69.2 Å². The van der Waals surface area contributed by atoms with Crippen LogP contribution < -0.4 is 10.6 Å². The van der Waals surface area contributed by atoms with Gasteiger partial charge in [-0.2, -0.15) is 13.2 Å². The van der Waals surface area contributed by atoms with Gasteiger partial charge < -0.3 is 15.5 Å². The quantitative estimate of drug-likeness (QED) is 0.362. The molecule has 2 aromatic carbocycles. The van der Waals surface area contributed by atoms with Gasteiger partial charge in [0.25, 0.3) is 5.91 Å². The average Bonchev–Trinajstić information content (AvgIpc) is 2.73. The monoisotopic (exact) mass is 513 g/mol. The molecule has 8 heteroatoms. The summed E-state index contributed by atoms with van der Waals surface area (Å²) in [5.41, 5.74) is 1.62. The SMILES string of the molecule is CCCCN(C)Cc1cc(Br)cc(C(=O)NCCCNCc2cccc(C(F)(F)F)c2)c1. The zero-order chi connectivity index (χ0) is 23.6. The molecule has 0 unspecified atom stereocenters. The normalized spacial score (nSPS) is 11.7. The third kappa shape index (κ3) is 9.30. The van der Waals surface area contributed by atoms with Gasteiger partial charge in [-0.1, -0.05) is 47.5 Å². The van der Waals surface area contributed by atoms with Crippen molar-refractivity contribution in [1.82, 2.24) is 15.5 Å². The Morgan fingerprint density at radius 3 is 2.56 bits per heavy atom. The summed E-state index contributed by atoms with van der Waals surface area (Å²) in [6.07, 6.45) is -1.38. The number of halogens is 4. The number of hydrogen-bond donors (Lipinski definition) is 2. The Morgan fingerprint density at radius 2 is 1.84 bits per heavy atom. The van der Waals surface area contributed by atoms with Gasteiger partial charge in [0.1, 0.15) is 0 Å². The minimum Gasteiger partial charge on any atom is -0.352 e. The van der Waals surface area contributed by atoms with E-state index in [0.717, 1.165) is 48.1 Å². The number of unbranched alkanes of at least 4 members (excludes halogenated alkanes) is 1. The topological polar surface area (TPSA) is 44.4 Å². The summed E-state index contributed by atoms with van der Waals surface area (Å²) in [7, 11) is 2.07. The molecular weight excluding hydrogens is 483 g/mol. The van der Waals surface area contributed by atoms with Crippen LogP contribution in [0.5, 0.6) is 0 Å². The number of alkyl halides is 3. The summed E-state index contributed by atoms with van der Waals surface area (Å²) in [6.45, 7) is 5.36. The van der Waals surface area contributed by atoms with Gasteiger partial charge >= 0.3 is 6.18 Å². The van der Waals surface area contributed by atoms with Crippen LogP contribution in [0.4, 0.5) is 13.2 Å². The van der Waals surface area contributed by atoms with Crippen LogP contribution in [-0.4, -0.2) is 37.5 Å². The molecule has 2 aromatic rings. The smallest absolute Gasteiger partial charge is 0.352 e. The number of rotatable bonds is 12. The Hall–Kier alpha value is -1.90. The highest BCUT2D eigenvalue weighted by molar-refractivity contribution is 9.10. The van der Waals surface area contributed by atoms with Gasteiger partial charge in [0.2, 0.25) is 0 Å². The zero-order valence-electron chi connectivity index (χ0n) is 18.6. The van der Waals surface area contributed by atoms with E-state index in [-0.39, 0.29) is 5.91 Å². The summed E-state index contributed by atoms with van der Waals surface area (Å²) in [6, 6.07) is 11.0. The van der Waals surface area contributed by atoms with Gasteiger partial charge in [-0.25, -0.2) is 0 Å². The van der Waals surface area contributed by atoms with Crippen LogP contribution >= 0.6 is 15.9 Å². The lowest BCUT2D eigenvalue weighted by Gasteiger charge is -2.17. The van der Waals surface area contributed by atoms with Gasteiger partial charge in [0, 0.05) is 29.7 Å². The molecule has 0 heterocycles. The fourth-order valence-electron chi connectivity index (χ4n) is 3.30. The minimum absolute atomic E-state index is 0.137. The molecule has 0 aliphatic rings. The van der Waals surface area contributed by atoms with Crippen LogP contribution in [0.1, 0.15) is 53.2 Å². The van der Waals surface area contributed by atoms with E-state index in [4.69, 9.17) is 0 Å². The first kappa shape index (κ1) is 26.4. The van der Waals surface area contributed by atoms with Crippen LogP contribution in [0.25, 0.3) is 0 Å². The van der Waals surface area contributed by atoms with Crippen molar-refractivity contribution in [3.8, 4) is 0 Å². The zero-order valence-corrected chi connectivity index (χ0v) is 20.2. The Morgan fingerprint density at radius 1 is 1.06 bits per heavy atom. The molecule has 0 bridgehead atoms. The van der Waals surface area contributed by atoms with Crippen molar-refractivity contribution >= 4 is 21.8 Å². The van der Waals surface area contributed by atoms with Crippen molar-refractivity contribution in [2.75, 3.05) is 26.7 Å². The second-order valence-electron chi connectivity index (χ2n) is 7.92. The lowest BCUT2D eigenvalue weighted by Crippen LogP contribution is -2.27. The second kappa shape index (κ2) is 13.0. The molecule has 0 atom stereocenters. The van der Waals surface area contributed by atoms with Gasteiger partial charge in [0.05, 0.1) is 5.56 Å². The lowest BCUT2D eigenvalue weighted by molar-refractivity contribution is -0.137. The average molecular weight is 514 g/mol. The molecule has 4 nitrogen and oxygen atoms in total. The molecule has 0 radical (unpaired) electrons. The Kier molecular flexibility index (Phi) is 10.7. The molecule has 176 valence electrons. The van der Waals surface area contributed by atoms with E-state index in [2.05, 4.69) is 45.4 Å². The molecule has 0 fully saturated rings. The van der Waals surface area contributed by atoms with E-state index in [1.807, 2.05) is 12.1 Å². The summed E-state index contributed by atoms with van der Waals surface area (Å²) in [4.78, 5) is 14.8. The second-order valence-corrected chi connectivity index (χ2v) is 8.84. The molecular formula is C24H31BrF3N3O. The molecule has 0 aliphatic heterocycles. The predicted molar refractivity (Wildman–Crippen MR) is 125 cm³/mol. The van der Waals surface area contributed by atoms with Crippen LogP contribution in [0.15, 0.2) is 46.9 Å². The highest BCUT2D eigenvalue weighted by atomic mass is 79.9. The van der Waals surface area contributed by atoms with Gasteiger partial charge in [-0.3, -0.25) is 4.79 Å². The summed E-state index contributed by atoms with van der Waals surface area (Å²) >= 11 is 3.49.